The lowest BCUT2D eigenvalue weighted by Gasteiger charge is -2.28. The first-order valence-electron chi connectivity index (χ1n) is 25.9. The Morgan fingerprint density at radius 2 is 0.818 bits per heavy atom. The lowest BCUT2D eigenvalue weighted by Crippen LogP contribution is -2.37. The van der Waals surface area contributed by atoms with Crippen LogP contribution in [0.25, 0.3) is 0 Å². The number of phosphoric ester groups is 1. The zero-order chi connectivity index (χ0) is 48.5. The third-order valence-electron chi connectivity index (χ3n) is 10.6. The number of carbonyl (C=O) groups is 2. The van der Waals surface area contributed by atoms with E-state index in [4.69, 9.17) is 18.5 Å². The van der Waals surface area contributed by atoms with Gasteiger partial charge in [0.15, 0.2) is 6.10 Å². The lowest BCUT2D eigenvalue weighted by molar-refractivity contribution is -0.870. The molecule has 2 unspecified atom stereocenters. The Labute approximate surface area is 404 Å². The van der Waals surface area contributed by atoms with Gasteiger partial charge in [0.1, 0.15) is 19.8 Å². The van der Waals surface area contributed by atoms with Crippen LogP contribution < -0.4 is 4.89 Å². The molecule has 0 aromatic rings. The number of allylic oxidation sites excluding steroid dienone is 16. The molecule has 0 aliphatic carbocycles. The van der Waals surface area contributed by atoms with Gasteiger partial charge < -0.3 is 27.9 Å². The van der Waals surface area contributed by atoms with Crippen molar-refractivity contribution in [2.24, 2.45) is 0 Å². The maximum atomic E-state index is 12.7. The van der Waals surface area contributed by atoms with Gasteiger partial charge >= 0.3 is 11.9 Å². The molecule has 10 heteroatoms. The molecule has 0 rings (SSSR count). The number of esters is 2. The van der Waals surface area contributed by atoms with Crippen LogP contribution in [0.1, 0.15) is 194 Å². The summed E-state index contributed by atoms with van der Waals surface area (Å²) in [5.41, 5.74) is 0. The maximum absolute atomic E-state index is 12.7. The second kappa shape index (κ2) is 47.0. The van der Waals surface area contributed by atoms with Gasteiger partial charge in [0.05, 0.1) is 27.7 Å². The van der Waals surface area contributed by atoms with Crippen LogP contribution in [0.5, 0.6) is 0 Å². The Balaban J connectivity index is 4.18. The van der Waals surface area contributed by atoms with E-state index < -0.39 is 32.5 Å². The van der Waals surface area contributed by atoms with E-state index in [-0.39, 0.29) is 26.1 Å². The second-order valence-corrected chi connectivity index (χ2v) is 19.5. The number of rotatable bonds is 46. The van der Waals surface area contributed by atoms with Gasteiger partial charge in [-0.05, 0) is 89.9 Å². The largest absolute Gasteiger partial charge is 0.756 e. The van der Waals surface area contributed by atoms with Crippen molar-refractivity contribution in [3.63, 3.8) is 0 Å². The summed E-state index contributed by atoms with van der Waals surface area (Å²) in [7, 11) is 1.14. The molecule has 0 aliphatic heterocycles. The molecule has 0 bridgehead atoms. The number of carbonyl (C=O) groups excluding carboxylic acids is 2. The van der Waals surface area contributed by atoms with Crippen molar-refractivity contribution in [2.45, 2.75) is 200 Å². The highest BCUT2D eigenvalue weighted by Crippen LogP contribution is 2.38. The third-order valence-corrected chi connectivity index (χ3v) is 11.6. The molecule has 0 spiro atoms. The van der Waals surface area contributed by atoms with Crippen molar-refractivity contribution < 1.29 is 42.1 Å². The van der Waals surface area contributed by atoms with Gasteiger partial charge in [0, 0.05) is 12.8 Å². The number of ether oxygens (including phenoxy) is 2. The minimum absolute atomic E-state index is 0.0403. The van der Waals surface area contributed by atoms with Gasteiger partial charge in [-0.25, -0.2) is 0 Å². The summed E-state index contributed by atoms with van der Waals surface area (Å²) < 4.78 is 34.0. The lowest BCUT2D eigenvalue weighted by atomic mass is 10.0. The van der Waals surface area contributed by atoms with Crippen molar-refractivity contribution in [2.75, 3.05) is 47.5 Å². The SMILES string of the molecule is CC/C=C\C/C=C\C/C=C\C/C=C\C/C=C\CCCCCCCCCCCCCCCC(=O)OC(COC(=O)CCCCC/C=C\C/C=C\C/C=C\CC)COP(=O)([O-])OCC[N+](C)(C)C. The van der Waals surface area contributed by atoms with E-state index in [9.17, 15) is 19.0 Å². The molecule has 378 valence electrons. The summed E-state index contributed by atoms with van der Waals surface area (Å²) in [6.07, 6.45) is 63.1. The molecular formula is C56H96NO8P. The van der Waals surface area contributed by atoms with Gasteiger partial charge in [-0.15, -0.1) is 0 Å². The van der Waals surface area contributed by atoms with Crippen LogP contribution in [0.15, 0.2) is 97.2 Å². The van der Waals surface area contributed by atoms with Crippen LogP contribution in [0, 0.1) is 0 Å². The van der Waals surface area contributed by atoms with Crippen LogP contribution >= 0.6 is 7.82 Å². The van der Waals surface area contributed by atoms with Crippen LogP contribution in [0.3, 0.4) is 0 Å². The summed E-state index contributed by atoms with van der Waals surface area (Å²) in [4.78, 5) is 37.7. The normalized spacial score (nSPS) is 14.2. The second-order valence-electron chi connectivity index (χ2n) is 18.1. The highest BCUT2D eigenvalue weighted by molar-refractivity contribution is 7.45. The number of hydrogen-bond acceptors (Lipinski definition) is 8. The van der Waals surface area contributed by atoms with Crippen LogP contribution in [-0.4, -0.2) is 70.0 Å². The summed E-state index contributed by atoms with van der Waals surface area (Å²) in [6, 6.07) is 0. The maximum Gasteiger partial charge on any atom is 0.306 e. The molecular weight excluding hydrogens is 846 g/mol. The minimum atomic E-state index is -4.64. The van der Waals surface area contributed by atoms with Crippen LogP contribution in [0.2, 0.25) is 0 Å². The van der Waals surface area contributed by atoms with Crippen molar-refractivity contribution in [1.82, 2.24) is 0 Å². The fourth-order valence-corrected chi connectivity index (χ4v) is 7.37. The Morgan fingerprint density at radius 3 is 1.23 bits per heavy atom. The number of nitrogens with zero attached hydrogens (tertiary/aromatic N) is 1. The minimum Gasteiger partial charge on any atom is -0.756 e. The van der Waals surface area contributed by atoms with Gasteiger partial charge in [0.25, 0.3) is 7.82 Å². The van der Waals surface area contributed by atoms with E-state index in [2.05, 4.69) is 111 Å². The number of quaternary nitrogens is 1. The van der Waals surface area contributed by atoms with E-state index >= 15 is 0 Å². The number of likely N-dealkylation sites (N-methyl/N-ethyl adjacent to an activating group) is 1. The van der Waals surface area contributed by atoms with Crippen LogP contribution in [0.4, 0.5) is 0 Å². The average Bonchev–Trinajstić information content (AvgIpc) is 3.27. The molecule has 0 saturated carbocycles. The Hall–Kier alpha value is -3.07. The zero-order valence-electron chi connectivity index (χ0n) is 42.6. The summed E-state index contributed by atoms with van der Waals surface area (Å²) in [5.74, 6) is -0.875. The molecule has 0 fully saturated rings. The highest BCUT2D eigenvalue weighted by Gasteiger charge is 2.21. The topological polar surface area (TPSA) is 111 Å². The molecule has 0 aliphatic rings. The number of phosphoric acid groups is 1. The predicted molar refractivity (Wildman–Crippen MR) is 277 cm³/mol. The molecule has 0 saturated heterocycles. The van der Waals surface area contributed by atoms with Crippen LogP contribution in [-0.2, 0) is 32.7 Å². The molecule has 0 aromatic carbocycles. The monoisotopic (exact) mass is 942 g/mol. The smallest absolute Gasteiger partial charge is 0.306 e. The molecule has 0 N–H and O–H groups in total. The molecule has 0 radical (unpaired) electrons. The molecule has 66 heavy (non-hydrogen) atoms. The quantitative estimate of drug-likeness (QED) is 0.0195. The van der Waals surface area contributed by atoms with E-state index in [1.807, 2.05) is 21.1 Å². The van der Waals surface area contributed by atoms with Gasteiger partial charge in [-0.1, -0.05) is 188 Å². The standard InChI is InChI=1S/C56H96NO8P/c1-6-8-10-12-14-16-18-20-21-22-23-24-25-26-27-28-29-30-31-32-33-34-35-37-39-41-43-45-47-49-56(59)65-54(53-64-66(60,61)63-51-50-57(3,4)5)52-62-55(58)48-46-44-42-40-38-36-19-17-15-13-11-9-7-2/h8-11,14-17,20-21,23-24,26-27,36,38,54H,6-7,12-13,18-19,22,25,28-35,37,39-53H2,1-5H3/b10-8-,11-9-,16-14-,17-15-,21-20-,24-23-,27-26-,38-36-. The molecule has 0 aromatic heterocycles. The predicted octanol–water partition coefficient (Wildman–Crippen LogP) is 15.1. The molecule has 0 amide bonds. The van der Waals surface area contributed by atoms with Gasteiger partial charge in [-0.2, -0.15) is 0 Å². The van der Waals surface area contributed by atoms with E-state index in [0.29, 0.717) is 23.9 Å². The fraction of sp³-hybridized carbons (Fsp3) is 0.679. The highest BCUT2D eigenvalue weighted by atomic mass is 31.2. The Kier molecular flexibility index (Phi) is 44.8. The van der Waals surface area contributed by atoms with Crippen molar-refractivity contribution in [1.29, 1.82) is 0 Å². The first-order valence-corrected chi connectivity index (χ1v) is 27.4. The first-order chi connectivity index (χ1) is 32.0. The summed E-state index contributed by atoms with van der Waals surface area (Å²) in [6.45, 7) is 3.95. The first kappa shape index (κ1) is 62.9. The van der Waals surface area contributed by atoms with Gasteiger partial charge in [0.2, 0.25) is 0 Å². The van der Waals surface area contributed by atoms with Gasteiger partial charge in [-0.3, -0.25) is 14.2 Å². The van der Waals surface area contributed by atoms with E-state index in [0.717, 1.165) is 89.9 Å². The summed E-state index contributed by atoms with van der Waals surface area (Å²) in [5, 5.41) is 0. The van der Waals surface area contributed by atoms with Crippen molar-refractivity contribution in [3.8, 4) is 0 Å². The molecule has 0 heterocycles. The Bertz CT molecular complexity index is 1440. The fourth-order valence-electron chi connectivity index (χ4n) is 6.64. The zero-order valence-corrected chi connectivity index (χ0v) is 43.5. The van der Waals surface area contributed by atoms with E-state index in [1.54, 1.807) is 0 Å². The number of hydrogen-bond donors (Lipinski definition) is 0. The van der Waals surface area contributed by atoms with Crippen molar-refractivity contribution in [3.05, 3.63) is 97.2 Å². The Morgan fingerprint density at radius 1 is 0.470 bits per heavy atom. The van der Waals surface area contributed by atoms with E-state index in [1.165, 1.54) is 64.2 Å². The third kappa shape index (κ3) is 50.3. The molecule has 2 atom stereocenters. The number of unbranched alkanes of at least 4 members (excludes halogenated alkanes) is 16. The summed E-state index contributed by atoms with van der Waals surface area (Å²) >= 11 is 0. The van der Waals surface area contributed by atoms with Crippen molar-refractivity contribution >= 4 is 19.8 Å². The average molecular weight is 942 g/mol. The molecule has 9 nitrogen and oxygen atoms in total.